The maximum atomic E-state index is 4.97. The van der Waals surface area contributed by atoms with E-state index in [1.54, 1.807) is 93.3 Å². The number of oxazole rings is 4. The molecule has 380 valence electrons. The summed E-state index contributed by atoms with van der Waals surface area (Å²) in [4.78, 5) is 37.1. The number of aryl methyl sites for hydroxylation is 20. The summed E-state index contributed by atoms with van der Waals surface area (Å²) in [6, 6.07) is 4.15. The fraction of sp³-hybridized carbons (Fsp3) is 0.400. The molecule has 0 spiro atoms. The van der Waals surface area contributed by atoms with Crippen LogP contribution in [-0.4, -0.2) is 48.6 Å². The third kappa shape index (κ3) is 33.2. The predicted molar refractivity (Wildman–Crippen MR) is 293 cm³/mol. The fourth-order valence-corrected chi connectivity index (χ4v) is 8.40. The van der Waals surface area contributed by atoms with Gasteiger partial charge in [-0.2, -0.15) is 8.75 Å². The van der Waals surface area contributed by atoms with Crippen molar-refractivity contribution < 1.29 is 17.7 Å². The monoisotopic (exact) mass is 1070 g/mol. The second-order valence-electron chi connectivity index (χ2n) is 15.1. The van der Waals surface area contributed by atoms with Gasteiger partial charge in [0.15, 0.2) is 23.6 Å². The third-order valence-electron chi connectivity index (χ3n) is 7.37. The molecule has 0 unspecified atom stereocenters. The molecule has 10 heterocycles. The van der Waals surface area contributed by atoms with E-state index >= 15 is 0 Å². The predicted octanol–water partition coefficient (Wildman–Crippen LogP) is 15.7. The Morgan fingerprint density at radius 3 is 0.771 bits per heavy atom. The van der Waals surface area contributed by atoms with E-state index in [2.05, 4.69) is 99.2 Å². The number of thiazole rings is 4. The molecule has 10 aromatic heterocycles. The molecule has 0 saturated heterocycles. The van der Waals surface area contributed by atoms with Crippen molar-refractivity contribution in [3.05, 3.63) is 169 Å². The average molecular weight is 1070 g/mol. The molecule has 0 aliphatic carbocycles. The van der Waals surface area contributed by atoms with E-state index in [-0.39, 0.29) is 0 Å². The van der Waals surface area contributed by atoms with Crippen LogP contribution < -0.4 is 0 Å². The van der Waals surface area contributed by atoms with Crippen LogP contribution in [-0.2, 0) is 0 Å². The first-order valence-corrected chi connectivity index (χ1v) is 26.7. The van der Waals surface area contributed by atoms with Crippen molar-refractivity contribution in [2.45, 2.75) is 138 Å². The molecule has 0 aliphatic rings. The van der Waals surface area contributed by atoms with Gasteiger partial charge < -0.3 is 17.7 Å². The first kappa shape index (κ1) is 62.6. The molecular weight excluding hydrogens is 997 g/mol. The minimum Gasteiger partial charge on any atom is -0.449 e. The van der Waals surface area contributed by atoms with Gasteiger partial charge in [0.1, 0.15) is 24.0 Å². The zero-order valence-electron chi connectivity index (χ0n) is 44.3. The van der Waals surface area contributed by atoms with Gasteiger partial charge in [-0.3, -0.25) is 0 Å². The van der Waals surface area contributed by atoms with Crippen molar-refractivity contribution in [1.29, 1.82) is 0 Å². The van der Waals surface area contributed by atoms with E-state index < -0.39 is 0 Å². The van der Waals surface area contributed by atoms with Crippen molar-refractivity contribution in [3.63, 3.8) is 0 Å². The molecule has 14 nitrogen and oxygen atoms in total. The zero-order chi connectivity index (χ0) is 52.8. The Morgan fingerprint density at radius 2 is 0.700 bits per heavy atom. The van der Waals surface area contributed by atoms with Crippen molar-refractivity contribution in [2.75, 3.05) is 0 Å². The summed E-state index contributed by atoms with van der Waals surface area (Å²) >= 11 is 9.96. The molecule has 0 aliphatic heterocycles. The summed E-state index contributed by atoms with van der Waals surface area (Å²) in [5, 5.41) is 8.70. The van der Waals surface area contributed by atoms with Gasteiger partial charge in [-0.25, -0.2) is 39.9 Å². The van der Waals surface area contributed by atoms with Crippen molar-refractivity contribution in [1.82, 2.24) is 48.6 Å². The standard InChI is InChI=1S/4C5H7NO.6C5H7NS/c2*1-4-3-7-5(2)6-4;2*1-4-3-6-5(2)7-4;2*1-4-3-7-5(2)6-4;2*1-4-3-6-5(2)7-4;2*1-4-3-5(2)7-6-4/h10*3H,1-2H3. The highest BCUT2D eigenvalue weighted by atomic mass is 32.1. The smallest absolute Gasteiger partial charge is 0.191 e. The van der Waals surface area contributed by atoms with Crippen molar-refractivity contribution in [3.8, 4) is 0 Å². The van der Waals surface area contributed by atoms with Gasteiger partial charge in [0, 0.05) is 81.7 Å². The maximum absolute atomic E-state index is 4.97. The quantitative estimate of drug-likeness (QED) is 0.140. The Hall–Kier alpha value is -5.38. The number of nitrogens with zero attached hydrogens (tertiary/aromatic N) is 10. The van der Waals surface area contributed by atoms with Gasteiger partial charge in [-0.05, 0) is 146 Å². The highest BCUT2D eigenvalue weighted by molar-refractivity contribution is 7.11. The lowest BCUT2D eigenvalue weighted by Gasteiger charge is -1.73. The van der Waals surface area contributed by atoms with Crippen molar-refractivity contribution >= 4 is 68.4 Å². The van der Waals surface area contributed by atoms with Crippen LogP contribution in [0.4, 0.5) is 0 Å². The molecule has 0 N–H and O–H groups in total. The molecule has 0 amide bonds. The normalized spacial score (nSPS) is 9.43. The van der Waals surface area contributed by atoms with Gasteiger partial charge in [-0.1, -0.05) is 0 Å². The molecule has 70 heavy (non-hydrogen) atoms. The lowest BCUT2D eigenvalue weighted by molar-refractivity contribution is 0.494. The first-order chi connectivity index (χ1) is 32.9. The second kappa shape index (κ2) is 34.8. The van der Waals surface area contributed by atoms with E-state index in [9.17, 15) is 0 Å². The number of aromatic nitrogens is 10. The summed E-state index contributed by atoms with van der Waals surface area (Å²) in [7, 11) is 0. The molecule has 0 saturated carbocycles. The van der Waals surface area contributed by atoms with E-state index in [0.29, 0.717) is 0 Å². The lowest BCUT2D eigenvalue weighted by atomic mass is 10.4. The Morgan fingerprint density at radius 1 is 0.343 bits per heavy atom. The topological polar surface area (TPSA) is 181 Å². The molecule has 10 rings (SSSR count). The summed E-state index contributed by atoms with van der Waals surface area (Å²) in [6.07, 6.45) is 10.5. The van der Waals surface area contributed by atoms with E-state index in [0.717, 1.165) is 89.3 Å². The average Bonchev–Trinajstić information content (AvgIpc) is 4.14. The van der Waals surface area contributed by atoms with Crippen LogP contribution in [0.5, 0.6) is 0 Å². The molecule has 0 radical (unpaired) electrons. The summed E-state index contributed by atoms with van der Waals surface area (Å²) < 4.78 is 27.8. The molecule has 0 atom stereocenters. The third-order valence-corrected chi connectivity index (χ3v) is 12.4. The Bertz CT molecular complexity index is 2050. The van der Waals surface area contributed by atoms with Gasteiger partial charge in [0.05, 0.1) is 55.2 Å². The van der Waals surface area contributed by atoms with Gasteiger partial charge in [-0.15, -0.1) is 45.3 Å². The molecule has 0 aromatic carbocycles. The van der Waals surface area contributed by atoms with Gasteiger partial charge in [0.25, 0.3) is 0 Å². The van der Waals surface area contributed by atoms with Gasteiger partial charge >= 0.3 is 0 Å². The summed E-state index contributed by atoms with van der Waals surface area (Å²) in [6.45, 7) is 39.2. The van der Waals surface area contributed by atoms with E-state index in [1.165, 1.54) is 19.5 Å². The van der Waals surface area contributed by atoms with Crippen LogP contribution in [0.2, 0.25) is 0 Å². The second-order valence-corrected chi connectivity index (χ2v) is 22.2. The van der Waals surface area contributed by atoms with Crippen LogP contribution in [0.15, 0.2) is 77.9 Å². The van der Waals surface area contributed by atoms with Gasteiger partial charge in [0.2, 0.25) is 0 Å². The fourth-order valence-electron chi connectivity index (χ4n) is 4.74. The first-order valence-electron chi connectivity index (χ1n) is 21.8. The Labute approximate surface area is 439 Å². The van der Waals surface area contributed by atoms with Crippen LogP contribution in [0.1, 0.15) is 109 Å². The summed E-state index contributed by atoms with van der Waals surface area (Å²) in [5.74, 6) is 4.68. The van der Waals surface area contributed by atoms with Crippen LogP contribution in [0, 0.1) is 138 Å². The SMILES string of the molecule is Cc1cc(C)sn1.Cc1cc(C)sn1.Cc1cnc(C)o1.Cc1cnc(C)o1.Cc1cnc(C)s1.Cc1cnc(C)s1.Cc1coc(C)n1.Cc1coc(C)n1.Cc1csc(C)n1.Cc1csc(C)n1. The summed E-state index contributed by atoms with van der Waals surface area (Å²) in [5.41, 5.74) is 6.39. The molecule has 0 bridgehead atoms. The molecule has 10 aromatic rings. The number of hydrogen-bond acceptors (Lipinski definition) is 20. The van der Waals surface area contributed by atoms with E-state index in [1.807, 2.05) is 123 Å². The van der Waals surface area contributed by atoms with Crippen molar-refractivity contribution in [2.24, 2.45) is 0 Å². The largest absolute Gasteiger partial charge is 0.449 e. The minimum atomic E-state index is 0.734. The highest BCUT2D eigenvalue weighted by Gasteiger charge is 1.92. The van der Waals surface area contributed by atoms with Crippen LogP contribution >= 0.6 is 68.4 Å². The Balaban J connectivity index is 0.000000389. The zero-order valence-corrected chi connectivity index (χ0v) is 49.2. The molecular formula is C50H70N10O4S6. The number of rotatable bonds is 0. The van der Waals surface area contributed by atoms with E-state index in [4.69, 9.17) is 17.7 Å². The highest BCUT2D eigenvalue weighted by Crippen LogP contribution is 2.10. The molecule has 20 heteroatoms. The van der Waals surface area contributed by atoms with Crippen LogP contribution in [0.3, 0.4) is 0 Å². The minimum absolute atomic E-state index is 0.734. The van der Waals surface area contributed by atoms with Crippen LogP contribution in [0.25, 0.3) is 0 Å². The maximum Gasteiger partial charge on any atom is 0.191 e. The lowest BCUT2D eigenvalue weighted by Crippen LogP contribution is -1.67. The Kier molecular flexibility index (Phi) is 31.2. The molecule has 0 fully saturated rings. The number of hydrogen-bond donors (Lipinski definition) is 0.